The second kappa shape index (κ2) is 7.21. The fraction of sp³-hybridized carbons (Fsp3) is 0.444. The Labute approximate surface area is 146 Å². The Bertz CT molecular complexity index is 723. The van der Waals surface area contributed by atoms with E-state index in [-0.39, 0.29) is 5.91 Å². The second-order valence-corrected chi connectivity index (χ2v) is 7.04. The minimum absolute atomic E-state index is 0.0224. The Morgan fingerprint density at radius 3 is 2.88 bits per heavy atom. The van der Waals surface area contributed by atoms with E-state index in [0.29, 0.717) is 24.6 Å². The first-order valence-corrected chi connectivity index (χ1v) is 9.13. The van der Waals surface area contributed by atoms with Crippen molar-refractivity contribution in [1.82, 2.24) is 9.88 Å². The van der Waals surface area contributed by atoms with Crippen LogP contribution in [0.15, 0.2) is 23.6 Å². The third-order valence-corrected chi connectivity index (χ3v) is 4.94. The number of nitrogens with zero attached hydrogens (tertiary/aromatic N) is 2. The predicted molar refractivity (Wildman–Crippen MR) is 97.0 cm³/mol. The quantitative estimate of drug-likeness (QED) is 0.831. The number of carbonyl (C=O) groups is 1. The molecular formula is C18H23N3O2S. The van der Waals surface area contributed by atoms with Gasteiger partial charge in [-0.05, 0) is 38.0 Å². The average Bonchev–Trinajstić information content (AvgIpc) is 3.32. The molecular weight excluding hydrogens is 322 g/mol. The lowest BCUT2D eigenvalue weighted by molar-refractivity contribution is 0.0827. The lowest BCUT2D eigenvalue weighted by atomic mass is 10.1. The van der Waals surface area contributed by atoms with Gasteiger partial charge in [0.15, 0.2) is 0 Å². The fourth-order valence-corrected chi connectivity index (χ4v) is 3.44. The molecule has 1 fully saturated rings. The molecule has 1 amide bonds. The van der Waals surface area contributed by atoms with Crippen molar-refractivity contribution in [1.29, 1.82) is 0 Å². The average molecular weight is 345 g/mol. The highest BCUT2D eigenvalue weighted by Gasteiger charge is 2.26. The molecule has 0 unspecified atom stereocenters. The number of carbonyl (C=O) groups excluding carboxylic acids is 1. The van der Waals surface area contributed by atoms with E-state index in [2.05, 4.69) is 15.7 Å². The molecule has 128 valence electrons. The van der Waals surface area contributed by atoms with Gasteiger partial charge in [-0.15, -0.1) is 11.3 Å². The van der Waals surface area contributed by atoms with Gasteiger partial charge in [-0.3, -0.25) is 4.79 Å². The second-order valence-electron chi connectivity index (χ2n) is 6.15. The smallest absolute Gasteiger partial charge is 0.253 e. The molecule has 1 heterocycles. The lowest BCUT2D eigenvalue weighted by Gasteiger charge is -2.15. The summed E-state index contributed by atoms with van der Waals surface area (Å²) in [5.74, 6) is 1.42. The van der Waals surface area contributed by atoms with E-state index in [1.165, 1.54) is 17.8 Å². The molecule has 0 saturated heterocycles. The van der Waals surface area contributed by atoms with Crippen molar-refractivity contribution in [2.45, 2.75) is 32.2 Å². The van der Waals surface area contributed by atoms with Crippen molar-refractivity contribution < 1.29 is 9.53 Å². The highest BCUT2D eigenvalue weighted by atomic mass is 32.1. The molecule has 2 aromatic rings. The van der Waals surface area contributed by atoms with E-state index >= 15 is 0 Å². The van der Waals surface area contributed by atoms with Crippen LogP contribution in [0.4, 0.5) is 5.69 Å². The van der Waals surface area contributed by atoms with Gasteiger partial charge in [-0.1, -0.05) is 0 Å². The van der Waals surface area contributed by atoms with E-state index < -0.39 is 0 Å². The number of benzene rings is 1. The van der Waals surface area contributed by atoms with Gasteiger partial charge in [0.1, 0.15) is 5.75 Å². The number of anilines is 1. The molecule has 0 bridgehead atoms. The van der Waals surface area contributed by atoms with Crippen LogP contribution in [0.3, 0.4) is 0 Å². The van der Waals surface area contributed by atoms with Crippen LogP contribution in [-0.4, -0.2) is 36.5 Å². The van der Waals surface area contributed by atoms with E-state index in [4.69, 9.17) is 4.74 Å². The first-order valence-electron chi connectivity index (χ1n) is 8.25. The topological polar surface area (TPSA) is 54.5 Å². The molecule has 24 heavy (non-hydrogen) atoms. The summed E-state index contributed by atoms with van der Waals surface area (Å²) in [6, 6.07) is 5.49. The van der Waals surface area contributed by atoms with Crippen molar-refractivity contribution in [2.75, 3.05) is 26.0 Å². The van der Waals surface area contributed by atoms with E-state index in [9.17, 15) is 4.79 Å². The maximum atomic E-state index is 12.2. The van der Waals surface area contributed by atoms with Crippen LogP contribution in [0, 0.1) is 0 Å². The Balaban J connectivity index is 1.75. The molecule has 1 aliphatic carbocycles. The first kappa shape index (κ1) is 16.8. The summed E-state index contributed by atoms with van der Waals surface area (Å²) in [5, 5.41) is 6.72. The maximum absolute atomic E-state index is 12.2. The summed E-state index contributed by atoms with van der Waals surface area (Å²) in [5.41, 5.74) is 2.50. The summed E-state index contributed by atoms with van der Waals surface area (Å²) in [7, 11) is 3.50. The SMILES string of the molecule is CCOc1ccc(C(=O)N(C)C)cc1NCc1csc(C2CC2)n1. The Morgan fingerprint density at radius 2 is 2.21 bits per heavy atom. The number of rotatable bonds is 7. The summed E-state index contributed by atoms with van der Waals surface area (Å²) in [6.45, 7) is 3.16. The molecule has 1 N–H and O–H groups in total. The summed E-state index contributed by atoms with van der Waals surface area (Å²) < 4.78 is 5.67. The molecule has 1 aromatic carbocycles. The Hall–Kier alpha value is -2.08. The van der Waals surface area contributed by atoms with Crippen molar-refractivity contribution in [3.63, 3.8) is 0 Å². The molecule has 3 rings (SSSR count). The molecule has 0 spiro atoms. The molecule has 5 nitrogen and oxygen atoms in total. The Morgan fingerprint density at radius 1 is 1.42 bits per heavy atom. The van der Waals surface area contributed by atoms with Crippen molar-refractivity contribution in [3.8, 4) is 5.75 Å². The number of aromatic nitrogens is 1. The van der Waals surface area contributed by atoms with E-state index in [1.54, 1.807) is 36.4 Å². The van der Waals surface area contributed by atoms with Gasteiger partial charge in [0.05, 0.1) is 29.5 Å². The normalized spacial score (nSPS) is 13.6. The zero-order valence-electron chi connectivity index (χ0n) is 14.3. The zero-order chi connectivity index (χ0) is 17.1. The highest BCUT2D eigenvalue weighted by Crippen LogP contribution is 2.41. The number of hydrogen-bond donors (Lipinski definition) is 1. The number of hydrogen-bond acceptors (Lipinski definition) is 5. The van der Waals surface area contributed by atoms with Crippen LogP contribution in [0.2, 0.25) is 0 Å². The van der Waals surface area contributed by atoms with Crippen molar-refractivity contribution in [2.24, 2.45) is 0 Å². The molecule has 1 aromatic heterocycles. The van der Waals surface area contributed by atoms with Gasteiger partial charge in [0, 0.05) is 31.0 Å². The van der Waals surface area contributed by atoms with Crippen LogP contribution in [0.1, 0.15) is 46.7 Å². The van der Waals surface area contributed by atoms with Gasteiger partial charge in [0.25, 0.3) is 5.91 Å². The number of amides is 1. The monoisotopic (exact) mass is 345 g/mol. The van der Waals surface area contributed by atoms with E-state index in [1.807, 2.05) is 19.1 Å². The number of ether oxygens (including phenoxy) is 1. The summed E-state index contributed by atoms with van der Waals surface area (Å²) in [4.78, 5) is 18.4. The number of thiazole rings is 1. The van der Waals surface area contributed by atoms with Gasteiger partial charge < -0.3 is 15.0 Å². The van der Waals surface area contributed by atoms with Gasteiger partial charge in [-0.2, -0.15) is 0 Å². The van der Waals surface area contributed by atoms with Crippen LogP contribution < -0.4 is 10.1 Å². The van der Waals surface area contributed by atoms with Crippen LogP contribution in [0.25, 0.3) is 0 Å². The van der Waals surface area contributed by atoms with Crippen LogP contribution >= 0.6 is 11.3 Å². The third-order valence-electron chi connectivity index (χ3n) is 3.89. The van der Waals surface area contributed by atoms with Gasteiger partial charge in [-0.25, -0.2) is 4.98 Å². The highest BCUT2D eigenvalue weighted by molar-refractivity contribution is 7.09. The van der Waals surface area contributed by atoms with Gasteiger partial charge >= 0.3 is 0 Å². The van der Waals surface area contributed by atoms with Crippen LogP contribution in [-0.2, 0) is 6.54 Å². The first-order chi connectivity index (χ1) is 11.6. The summed E-state index contributed by atoms with van der Waals surface area (Å²) in [6.07, 6.45) is 2.53. The van der Waals surface area contributed by atoms with Crippen molar-refractivity contribution >= 4 is 22.9 Å². The minimum Gasteiger partial charge on any atom is -0.492 e. The minimum atomic E-state index is -0.0224. The fourth-order valence-electron chi connectivity index (χ4n) is 2.45. The lowest BCUT2D eigenvalue weighted by Crippen LogP contribution is -2.21. The van der Waals surface area contributed by atoms with Gasteiger partial charge in [0.2, 0.25) is 0 Å². The zero-order valence-corrected chi connectivity index (χ0v) is 15.2. The molecule has 6 heteroatoms. The Kier molecular flexibility index (Phi) is 5.04. The van der Waals surface area contributed by atoms with Crippen molar-refractivity contribution in [3.05, 3.63) is 39.8 Å². The number of nitrogens with one attached hydrogen (secondary N) is 1. The third kappa shape index (κ3) is 3.87. The molecule has 1 aliphatic rings. The summed E-state index contributed by atoms with van der Waals surface area (Å²) >= 11 is 1.74. The van der Waals surface area contributed by atoms with Crippen LogP contribution in [0.5, 0.6) is 5.75 Å². The standard InChI is InChI=1S/C18H23N3O2S/c1-4-23-16-8-7-13(18(22)21(2)3)9-15(16)19-10-14-11-24-17(20-14)12-5-6-12/h7-9,11-12,19H,4-6,10H2,1-3H3. The largest absolute Gasteiger partial charge is 0.492 e. The molecule has 0 radical (unpaired) electrons. The molecule has 0 aliphatic heterocycles. The molecule has 0 atom stereocenters. The maximum Gasteiger partial charge on any atom is 0.253 e. The van der Waals surface area contributed by atoms with E-state index in [0.717, 1.165) is 17.1 Å². The molecule has 1 saturated carbocycles. The predicted octanol–water partition coefficient (Wildman–Crippen LogP) is 3.73.